The largest absolute Gasteiger partial charge is 0.351 e. The van der Waals surface area contributed by atoms with Gasteiger partial charge in [-0.2, -0.15) is 0 Å². The van der Waals surface area contributed by atoms with Crippen molar-refractivity contribution in [2.45, 2.75) is 30.8 Å². The lowest BCUT2D eigenvalue weighted by molar-refractivity contribution is -0.120. The molecule has 1 aromatic carbocycles. The van der Waals surface area contributed by atoms with E-state index in [1.807, 2.05) is 6.07 Å². The molecule has 3 atom stereocenters. The highest BCUT2D eigenvalue weighted by atomic mass is 35.5. The minimum absolute atomic E-state index is 0. The molecule has 0 aromatic heterocycles. The van der Waals surface area contributed by atoms with Crippen LogP contribution in [0.2, 0.25) is 0 Å². The number of halogens is 2. The van der Waals surface area contributed by atoms with Crippen molar-refractivity contribution in [2.75, 3.05) is 19.6 Å². The second kappa shape index (κ2) is 8.59. The molecule has 2 fully saturated rings. The summed E-state index contributed by atoms with van der Waals surface area (Å²) in [6.45, 7) is 2.35. The molecular weight excluding hydrogens is 309 g/mol. The Labute approximate surface area is 138 Å². The van der Waals surface area contributed by atoms with E-state index >= 15 is 0 Å². The normalized spacial score (nSPS) is 26.4. The first-order valence-electron chi connectivity index (χ1n) is 7.11. The molecule has 1 amide bonds. The fraction of sp³-hybridized carbons (Fsp3) is 0.533. The standard InChI is InChI=1S/C15H21N3O.2ClH/c19-15(18-12-6-7-16-9-12)10-17-14-8-13(14)11-4-2-1-3-5-11;;/h1-5,12-14,16-17H,6-10H2,(H,18,19);2*1H/t12-,13+,14-;;/m1../s1. The first kappa shape index (κ1) is 18.2. The quantitative estimate of drug-likeness (QED) is 0.765. The third kappa shape index (κ3) is 5.15. The van der Waals surface area contributed by atoms with Gasteiger partial charge in [0.25, 0.3) is 0 Å². The predicted molar refractivity (Wildman–Crippen MR) is 89.5 cm³/mol. The number of rotatable bonds is 5. The van der Waals surface area contributed by atoms with Crippen LogP contribution in [0, 0.1) is 0 Å². The van der Waals surface area contributed by atoms with E-state index in [0.29, 0.717) is 24.5 Å². The van der Waals surface area contributed by atoms with E-state index in [9.17, 15) is 4.79 Å². The van der Waals surface area contributed by atoms with Gasteiger partial charge in [0.05, 0.1) is 6.54 Å². The average molecular weight is 332 g/mol. The fourth-order valence-electron chi connectivity index (χ4n) is 2.77. The van der Waals surface area contributed by atoms with Gasteiger partial charge in [-0.25, -0.2) is 0 Å². The van der Waals surface area contributed by atoms with Gasteiger partial charge in [-0.15, -0.1) is 24.8 Å². The fourth-order valence-corrected chi connectivity index (χ4v) is 2.77. The number of nitrogens with one attached hydrogen (secondary N) is 3. The average Bonchev–Trinajstić information content (AvgIpc) is 3.05. The Morgan fingerprint density at radius 1 is 1.24 bits per heavy atom. The van der Waals surface area contributed by atoms with Gasteiger partial charge in [0.1, 0.15) is 0 Å². The van der Waals surface area contributed by atoms with E-state index < -0.39 is 0 Å². The van der Waals surface area contributed by atoms with Crippen LogP contribution < -0.4 is 16.0 Å². The van der Waals surface area contributed by atoms with E-state index in [1.165, 1.54) is 5.56 Å². The summed E-state index contributed by atoms with van der Waals surface area (Å²) in [7, 11) is 0. The maximum atomic E-state index is 11.8. The summed E-state index contributed by atoms with van der Waals surface area (Å²) in [4.78, 5) is 11.8. The molecule has 0 bridgehead atoms. The third-order valence-corrected chi connectivity index (χ3v) is 3.97. The lowest BCUT2D eigenvalue weighted by atomic mass is 10.1. The van der Waals surface area contributed by atoms with E-state index in [1.54, 1.807) is 0 Å². The summed E-state index contributed by atoms with van der Waals surface area (Å²) < 4.78 is 0. The number of hydrogen-bond donors (Lipinski definition) is 3. The van der Waals surface area contributed by atoms with Crippen LogP contribution >= 0.6 is 24.8 Å². The number of amides is 1. The van der Waals surface area contributed by atoms with Crippen molar-refractivity contribution in [1.29, 1.82) is 0 Å². The highest BCUT2D eigenvalue weighted by molar-refractivity contribution is 5.85. The van der Waals surface area contributed by atoms with Gasteiger partial charge in [0.2, 0.25) is 5.91 Å². The summed E-state index contributed by atoms with van der Waals surface area (Å²) in [5, 5.41) is 9.65. The Morgan fingerprint density at radius 3 is 2.67 bits per heavy atom. The third-order valence-electron chi connectivity index (χ3n) is 3.97. The molecule has 4 nitrogen and oxygen atoms in total. The summed E-state index contributed by atoms with van der Waals surface area (Å²) in [6, 6.07) is 11.3. The van der Waals surface area contributed by atoms with E-state index in [0.717, 1.165) is 25.9 Å². The van der Waals surface area contributed by atoms with Crippen molar-refractivity contribution in [3.63, 3.8) is 0 Å². The van der Waals surface area contributed by atoms with Crippen molar-refractivity contribution in [1.82, 2.24) is 16.0 Å². The number of carbonyl (C=O) groups excluding carboxylic acids is 1. The zero-order chi connectivity index (χ0) is 13.1. The Kier molecular flexibility index (Phi) is 7.46. The summed E-state index contributed by atoms with van der Waals surface area (Å²) in [5.74, 6) is 0.703. The maximum Gasteiger partial charge on any atom is 0.234 e. The maximum absolute atomic E-state index is 11.8. The second-order valence-corrected chi connectivity index (χ2v) is 5.50. The number of hydrogen-bond acceptors (Lipinski definition) is 3. The summed E-state index contributed by atoms with van der Waals surface area (Å²) in [6.07, 6.45) is 2.18. The first-order valence-corrected chi connectivity index (χ1v) is 7.11. The molecule has 1 saturated carbocycles. The molecule has 2 aliphatic rings. The predicted octanol–water partition coefficient (Wildman–Crippen LogP) is 1.45. The van der Waals surface area contributed by atoms with E-state index in [2.05, 4.69) is 40.2 Å². The first-order chi connectivity index (χ1) is 9.33. The molecule has 6 heteroatoms. The Balaban J connectivity index is 0.00000110. The lowest BCUT2D eigenvalue weighted by Crippen LogP contribution is -2.42. The molecule has 118 valence electrons. The summed E-state index contributed by atoms with van der Waals surface area (Å²) >= 11 is 0. The molecule has 1 saturated heterocycles. The molecular formula is C15H23Cl2N3O. The molecule has 0 spiro atoms. The van der Waals surface area contributed by atoms with Crippen molar-refractivity contribution >= 4 is 30.7 Å². The van der Waals surface area contributed by atoms with Crippen LogP contribution in [0.1, 0.15) is 24.3 Å². The molecule has 1 heterocycles. The zero-order valence-corrected chi connectivity index (χ0v) is 13.5. The molecule has 3 rings (SSSR count). The molecule has 1 aromatic rings. The van der Waals surface area contributed by atoms with Crippen molar-refractivity contribution in [3.05, 3.63) is 35.9 Å². The van der Waals surface area contributed by atoms with Crippen molar-refractivity contribution < 1.29 is 4.79 Å². The van der Waals surface area contributed by atoms with Gasteiger partial charge in [0.15, 0.2) is 0 Å². The van der Waals surface area contributed by atoms with Gasteiger partial charge in [0, 0.05) is 24.5 Å². The zero-order valence-electron chi connectivity index (χ0n) is 11.9. The Morgan fingerprint density at radius 2 is 2.00 bits per heavy atom. The van der Waals surface area contributed by atoms with Crippen LogP contribution in [0.4, 0.5) is 0 Å². The topological polar surface area (TPSA) is 53.2 Å². The van der Waals surface area contributed by atoms with Crippen LogP contribution in [0.15, 0.2) is 30.3 Å². The number of benzene rings is 1. The van der Waals surface area contributed by atoms with Crippen LogP contribution in [-0.4, -0.2) is 37.6 Å². The van der Waals surface area contributed by atoms with Crippen LogP contribution in [0.25, 0.3) is 0 Å². The van der Waals surface area contributed by atoms with Crippen molar-refractivity contribution in [3.8, 4) is 0 Å². The lowest BCUT2D eigenvalue weighted by Gasteiger charge is -2.11. The summed E-state index contributed by atoms with van der Waals surface area (Å²) in [5.41, 5.74) is 1.38. The second-order valence-electron chi connectivity index (χ2n) is 5.50. The molecule has 1 aliphatic carbocycles. The van der Waals surface area contributed by atoms with Crippen LogP contribution in [0.5, 0.6) is 0 Å². The Hall–Kier alpha value is -0.810. The molecule has 21 heavy (non-hydrogen) atoms. The SMILES string of the molecule is Cl.Cl.O=C(CN[C@@H]1C[C@H]1c1ccccc1)N[C@@H]1CCNC1. The van der Waals surface area contributed by atoms with Gasteiger partial charge in [-0.05, 0) is 24.9 Å². The van der Waals surface area contributed by atoms with Crippen molar-refractivity contribution in [2.24, 2.45) is 0 Å². The molecule has 0 unspecified atom stereocenters. The van der Waals surface area contributed by atoms with Gasteiger partial charge >= 0.3 is 0 Å². The molecule has 0 radical (unpaired) electrons. The molecule has 1 aliphatic heterocycles. The van der Waals surface area contributed by atoms with Gasteiger partial charge in [-0.3, -0.25) is 4.79 Å². The van der Waals surface area contributed by atoms with Crippen LogP contribution in [0.3, 0.4) is 0 Å². The number of carbonyl (C=O) groups is 1. The highest BCUT2D eigenvalue weighted by Crippen LogP contribution is 2.40. The Bertz CT molecular complexity index is 438. The monoisotopic (exact) mass is 331 g/mol. The molecule has 3 N–H and O–H groups in total. The minimum Gasteiger partial charge on any atom is -0.351 e. The highest BCUT2D eigenvalue weighted by Gasteiger charge is 2.37. The van der Waals surface area contributed by atoms with E-state index in [-0.39, 0.29) is 30.7 Å². The van der Waals surface area contributed by atoms with E-state index in [4.69, 9.17) is 0 Å². The smallest absolute Gasteiger partial charge is 0.234 e. The van der Waals surface area contributed by atoms with Gasteiger partial charge < -0.3 is 16.0 Å². The van der Waals surface area contributed by atoms with Crippen LogP contribution in [-0.2, 0) is 4.79 Å². The minimum atomic E-state index is 0. The van der Waals surface area contributed by atoms with Gasteiger partial charge in [-0.1, -0.05) is 30.3 Å².